The van der Waals surface area contributed by atoms with Gasteiger partial charge in [0.25, 0.3) is 0 Å². The van der Waals surface area contributed by atoms with Crippen molar-refractivity contribution >= 4 is 15.9 Å². The van der Waals surface area contributed by atoms with E-state index < -0.39 is 0 Å². The molecule has 0 aliphatic carbocycles. The van der Waals surface area contributed by atoms with Gasteiger partial charge in [0.1, 0.15) is 5.82 Å². The van der Waals surface area contributed by atoms with E-state index in [9.17, 15) is 4.39 Å². The first kappa shape index (κ1) is 14.4. The Labute approximate surface area is 131 Å². The standard InChI is InChI=1S/C16H15BrFNO2/c1-10(11-3-5-15-16(6-11)21-9-20-15)19-8-12-2-4-13(17)7-14(12)18/h2-7,10,19H,8-9H2,1H3. The maximum atomic E-state index is 13.8. The van der Waals surface area contributed by atoms with Crippen molar-refractivity contribution in [2.75, 3.05) is 6.79 Å². The number of hydrogen-bond acceptors (Lipinski definition) is 3. The van der Waals surface area contributed by atoms with Crippen LogP contribution in [0.15, 0.2) is 40.9 Å². The van der Waals surface area contributed by atoms with Crippen LogP contribution in [0.4, 0.5) is 4.39 Å². The second kappa shape index (κ2) is 6.03. The lowest BCUT2D eigenvalue weighted by Crippen LogP contribution is -2.18. The van der Waals surface area contributed by atoms with Crippen LogP contribution in [-0.2, 0) is 6.54 Å². The van der Waals surface area contributed by atoms with Crippen molar-refractivity contribution in [2.24, 2.45) is 0 Å². The van der Waals surface area contributed by atoms with Gasteiger partial charge in [-0.05, 0) is 36.8 Å². The average Bonchev–Trinajstić information content (AvgIpc) is 2.93. The molecule has 110 valence electrons. The van der Waals surface area contributed by atoms with E-state index in [-0.39, 0.29) is 18.7 Å². The molecule has 21 heavy (non-hydrogen) atoms. The first-order chi connectivity index (χ1) is 10.1. The first-order valence-corrected chi connectivity index (χ1v) is 7.49. The lowest BCUT2D eigenvalue weighted by molar-refractivity contribution is 0.174. The van der Waals surface area contributed by atoms with E-state index in [1.54, 1.807) is 6.07 Å². The molecule has 1 N–H and O–H groups in total. The van der Waals surface area contributed by atoms with Gasteiger partial charge in [-0.3, -0.25) is 0 Å². The Hall–Kier alpha value is -1.59. The maximum absolute atomic E-state index is 13.8. The SMILES string of the molecule is CC(NCc1ccc(Br)cc1F)c1ccc2c(c1)OCO2. The second-order valence-corrected chi connectivity index (χ2v) is 5.87. The molecule has 1 atom stereocenters. The summed E-state index contributed by atoms with van der Waals surface area (Å²) in [6.45, 7) is 2.77. The normalized spacial score (nSPS) is 14.2. The van der Waals surface area contributed by atoms with E-state index in [2.05, 4.69) is 21.2 Å². The molecular formula is C16H15BrFNO2. The molecule has 3 nitrogen and oxygen atoms in total. The number of nitrogens with one attached hydrogen (secondary N) is 1. The summed E-state index contributed by atoms with van der Waals surface area (Å²) in [6.07, 6.45) is 0. The largest absolute Gasteiger partial charge is 0.454 e. The van der Waals surface area contributed by atoms with Gasteiger partial charge in [-0.1, -0.05) is 28.1 Å². The lowest BCUT2D eigenvalue weighted by Gasteiger charge is -2.15. The van der Waals surface area contributed by atoms with E-state index in [0.717, 1.165) is 21.5 Å². The number of fused-ring (bicyclic) bond motifs is 1. The highest BCUT2D eigenvalue weighted by molar-refractivity contribution is 9.10. The van der Waals surface area contributed by atoms with E-state index >= 15 is 0 Å². The Morgan fingerprint density at radius 3 is 2.81 bits per heavy atom. The molecule has 2 aromatic carbocycles. The van der Waals surface area contributed by atoms with E-state index in [1.165, 1.54) is 6.07 Å². The molecule has 1 heterocycles. The number of hydrogen-bond donors (Lipinski definition) is 1. The van der Waals surface area contributed by atoms with Crippen molar-refractivity contribution in [3.05, 3.63) is 57.8 Å². The molecule has 0 fully saturated rings. The monoisotopic (exact) mass is 351 g/mol. The predicted octanol–water partition coefficient (Wildman–Crippen LogP) is 4.17. The molecule has 0 saturated heterocycles. The molecule has 0 spiro atoms. The number of rotatable bonds is 4. The minimum atomic E-state index is -0.213. The summed E-state index contributed by atoms with van der Waals surface area (Å²) in [5.74, 6) is 1.32. The number of benzene rings is 2. The summed E-state index contributed by atoms with van der Waals surface area (Å²) in [4.78, 5) is 0. The fraction of sp³-hybridized carbons (Fsp3) is 0.250. The van der Waals surface area contributed by atoms with Crippen LogP contribution in [0.2, 0.25) is 0 Å². The van der Waals surface area contributed by atoms with Gasteiger partial charge < -0.3 is 14.8 Å². The van der Waals surface area contributed by atoms with Gasteiger partial charge in [0, 0.05) is 22.6 Å². The van der Waals surface area contributed by atoms with Crippen molar-refractivity contribution in [1.29, 1.82) is 0 Å². The summed E-state index contributed by atoms with van der Waals surface area (Å²) >= 11 is 3.26. The van der Waals surface area contributed by atoms with Crippen LogP contribution in [0.3, 0.4) is 0 Å². The fourth-order valence-electron chi connectivity index (χ4n) is 2.23. The van der Waals surface area contributed by atoms with Crippen LogP contribution in [-0.4, -0.2) is 6.79 Å². The van der Waals surface area contributed by atoms with Crippen molar-refractivity contribution in [1.82, 2.24) is 5.32 Å². The van der Waals surface area contributed by atoms with Gasteiger partial charge in [0.05, 0.1) is 0 Å². The van der Waals surface area contributed by atoms with Crippen molar-refractivity contribution in [3.63, 3.8) is 0 Å². The third-order valence-electron chi connectivity index (χ3n) is 3.51. The Kier molecular flexibility index (Phi) is 4.12. The third-order valence-corrected chi connectivity index (χ3v) is 4.00. The highest BCUT2D eigenvalue weighted by atomic mass is 79.9. The van der Waals surface area contributed by atoms with Crippen LogP contribution in [0.5, 0.6) is 11.5 Å². The van der Waals surface area contributed by atoms with Crippen molar-refractivity contribution in [3.8, 4) is 11.5 Å². The molecule has 0 bridgehead atoms. The number of ether oxygens (including phenoxy) is 2. The molecule has 1 aliphatic heterocycles. The second-order valence-electron chi connectivity index (χ2n) is 4.95. The summed E-state index contributed by atoms with van der Waals surface area (Å²) in [5, 5.41) is 3.31. The van der Waals surface area contributed by atoms with E-state index in [4.69, 9.17) is 9.47 Å². The lowest BCUT2D eigenvalue weighted by atomic mass is 10.1. The predicted molar refractivity (Wildman–Crippen MR) is 81.9 cm³/mol. The van der Waals surface area contributed by atoms with E-state index in [0.29, 0.717) is 12.1 Å². The third kappa shape index (κ3) is 3.19. The quantitative estimate of drug-likeness (QED) is 0.896. The zero-order valence-corrected chi connectivity index (χ0v) is 13.1. The molecule has 1 unspecified atom stereocenters. The average molecular weight is 352 g/mol. The molecule has 1 aliphatic rings. The molecule has 5 heteroatoms. The topological polar surface area (TPSA) is 30.5 Å². The van der Waals surface area contributed by atoms with Crippen LogP contribution < -0.4 is 14.8 Å². The Morgan fingerprint density at radius 1 is 1.19 bits per heavy atom. The fourth-order valence-corrected chi connectivity index (χ4v) is 2.56. The van der Waals surface area contributed by atoms with Crippen LogP contribution in [0.1, 0.15) is 24.1 Å². The highest BCUT2D eigenvalue weighted by Gasteiger charge is 2.15. The van der Waals surface area contributed by atoms with Crippen molar-refractivity contribution < 1.29 is 13.9 Å². The van der Waals surface area contributed by atoms with Crippen LogP contribution in [0.25, 0.3) is 0 Å². The van der Waals surface area contributed by atoms with Gasteiger partial charge in [-0.15, -0.1) is 0 Å². The van der Waals surface area contributed by atoms with E-state index in [1.807, 2.05) is 31.2 Å². The van der Waals surface area contributed by atoms with Gasteiger partial charge in [-0.2, -0.15) is 0 Å². The van der Waals surface area contributed by atoms with Gasteiger partial charge in [0.15, 0.2) is 11.5 Å². The summed E-state index contributed by atoms with van der Waals surface area (Å²) < 4.78 is 25.2. The first-order valence-electron chi connectivity index (χ1n) is 6.70. The molecule has 2 aromatic rings. The Morgan fingerprint density at radius 2 is 2.00 bits per heavy atom. The summed E-state index contributed by atoms with van der Waals surface area (Å²) in [6, 6.07) is 11.0. The van der Waals surface area contributed by atoms with Crippen LogP contribution >= 0.6 is 15.9 Å². The zero-order valence-electron chi connectivity index (χ0n) is 11.5. The molecule has 3 rings (SSSR count). The molecule has 0 saturated carbocycles. The Balaban J connectivity index is 1.67. The molecule has 0 amide bonds. The summed E-state index contributed by atoms with van der Waals surface area (Å²) in [5.41, 5.74) is 1.72. The zero-order chi connectivity index (χ0) is 14.8. The van der Waals surface area contributed by atoms with Crippen LogP contribution in [0, 0.1) is 5.82 Å². The molecular weight excluding hydrogens is 337 g/mol. The Bertz CT molecular complexity index is 663. The minimum Gasteiger partial charge on any atom is -0.454 e. The smallest absolute Gasteiger partial charge is 0.231 e. The number of halogens is 2. The highest BCUT2D eigenvalue weighted by Crippen LogP contribution is 2.34. The maximum Gasteiger partial charge on any atom is 0.231 e. The summed E-state index contributed by atoms with van der Waals surface area (Å²) in [7, 11) is 0. The minimum absolute atomic E-state index is 0.0857. The van der Waals surface area contributed by atoms with Gasteiger partial charge in [0.2, 0.25) is 6.79 Å². The molecule has 0 radical (unpaired) electrons. The van der Waals surface area contributed by atoms with Crippen molar-refractivity contribution in [2.45, 2.75) is 19.5 Å². The molecule has 0 aromatic heterocycles. The van der Waals surface area contributed by atoms with Gasteiger partial charge >= 0.3 is 0 Å². The van der Waals surface area contributed by atoms with Gasteiger partial charge in [-0.25, -0.2) is 4.39 Å².